The van der Waals surface area contributed by atoms with Crippen molar-refractivity contribution in [1.29, 1.82) is 5.26 Å². The normalized spacial score (nSPS) is 10.3. The van der Waals surface area contributed by atoms with E-state index in [4.69, 9.17) is 9.68 Å². The Labute approximate surface area is 145 Å². The average molecular weight is 356 g/mol. The van der Waals surface area contributed by atoms with Crippen molar-refractivity contribution < 1.29 is 27.5 Å². The molecular weight excluding hydrogens is 346 g/mol. The van der Waals surface area contributed by atoms with Crippen molar-refractivity contribution >= 4 is 28.5 Å². The van der Waals surface area contributed by atoms with Gasteiger partial charge < -0.3 is 14.5 Å². The van der Waals surface area contributed by atoms with Gasteiger partial charge in [0.2, 0.25) is 5.76 Å². The number of nitrogens with zero attached hydrogens (tertiary/aromatic N) is 1. The van der Waals surface area contributed by atoms with Crippen LogP contribution in [-0.4, -0.2) is 18.5 Å². The molecule has 3 aromatic rings. The smallest absolute Gasteiger partial charge is 0.344 e. The first-order valence-corrected chi connectivity index (χ1v) is 7.34. The van der Waals surface area contributed by atoms with Gasteiger partial charge in [-0.25, -0.2) is 13.6 Å². The lowest BCUT2D eigenvalue weighted by molar-refractivity contribution is -0.119. The molecule has 0 saturated heterocycles. The number of benzene rings is 2. The number of ether oxygens (including phenoxy) is 1. The van der Waals surface area contributed by atoms with Crippen LogP contribution in [0, 0.1) is 23.0 Å². The molecule has 1 amide bonds. The van der Waals surface area contributed by atoms with Crippen LogP contribution in [-0.2, 0) is 9.53 Å². The molecule has 0 saturated carbocycles. The highest BCUT2D eigenvalue weighted by atomic mass is 19.1. The number of rotatable bonds is 4. The van der Waals surface area contributed by atoms with Gasteiger partial charge in [-0.05, 0) is 24.3 Å². The largest absolute Gasteiger partial charge is 0.452 e. The molecule has 3 rings (SSSR count). The van der Waals surface area contributed by atoms with Gasteiger partial charge >= 0.3 is 5.97 Å². The Bertz CT molecular complexity index is 1030. The van der Waals surface area contributed by atoms with Gasteiger partial charge in [0.05, 0.1) is 0 Å². The molecule has 6 nitrogen and oxygen atoms in total. The van der Waals surface area contributed by atoms with Crippen LogP contribution >= 0.6 is 0 Å². The molecule has 8 heteroatoms. The first-order valence-electron chi connectivity index (χ1n) is 7.34. The van der Waals surface area contributed by atoms with Crippen LogP contribution in [0.5, 0.6) is 0 Å². The van der Waals surface area contributed by atoms with Crippen molar-refractivity contribution in [2.24, 2.45) is 0 Å². The summed E-state index contributed by atoms with van der Waals surface area (Å²) in [4.78, 5) is 23.8. The number of nitrogens with one attached hydrogen (secondary N) is 1. The van der Waals surface area contributed by atoms with Gasteiger partial charge in [0.25, 0.3) is 5.91 Å². The van der Waals surface area contributed by atoms with Crippen LogP contribution in [0.2, 0.25) is 0 Å². The summed E-state index contributed by atoms with van der Waals surface area (Å²) in [6, 6.07) is 11.3. The topological polar surface area (TPSA) is 92.3 Å². The van der Waals surface area contributed by atoms with Crippen LogP contribution < -0.4 is 5.32 Å². The van der Waals surface area contributed by atoms with E-state index >= 15 is 0 Å². The van der Waals surface area contributed by atoms with Crippen molar-refractivity contribution in [3.05, 3.63) is 65.4 Å². The van der Waals surface area contributed by atoms with E-state index in [9.17, 15) is 18.4 Å². The Kier molecular flexibility index (Phi) is 4.62. The van der Waals surface area contributed by atoms with Crippen molar-refractivity contribution in [2.75, 3.05) is 11.9 Å². The van der Waals surface area contributed by atoms with E-state index < -0.39 is 35.7 Å². The lowest BCUT2D eigenvalue weighted by atomic mass is 10.2. The van der Waals surface area contributed by atoms with Crippen LogP contribution in [0.4, 0.5) is 14.5 Å². The molecule has 0 atom stereocenters. The Hall–Kier alpha value is -3.73. The number of hydrogen-bond donors (Lipinski definition) is 1. The molecular formula is C18H10F2N2O4. The predicted molar refractivity (Wildman–Crippen MR) is 86.2 cm³/mol. The molecule has 1 N–H and O–H groups in total. The lowest BCUT2D eigenvalue weighted by Gasteiger charge is -2.07. The minimum atomic E-state index is -1.31. The number of furan rings is 1. The third-order valence-electron chi connectivity index (χ3n) is 3.46. The molecule has 0 bridgehead atoms. The summed E-state index contributed by atoms with van der Waals surface area (Å²) in [5.41, 5.74) is -0.363. The molecule has 2 aromatic carbocycles. The van der Waals surface area contributed by atoms with Crippen molar-refractivity contribution in [2.45, 2.75) is 0 Å². The second kappa shape index (κ2) is 7.03. The molecule has 0 spiro atoms. The summed E-state index contributed by atoms with van der Waals surface area (Å²) in [6.45, 7) is -0.795. The van der Waals surface area contributed by atoms with Gasteiger partial charge in [0.1, 0.15) is 34.5 Å². The van der Waals surface area contributed by atoms with Crippen molar-refractivity contribution in [1.82, 2.24) is 0 Å². The molecule has 0 aliphatic rings. The van der Waals surface area contributed by atoms with Gasteiger partial charge in [0, 0.05) is 5.39 Å². The number of anilines is 1. The zero-order chi connectivity index (χ0) is 18.7. The van der Waals surface area contributed by atoms with Crippen LogP contribution in [0.1, 0.15) is 16.1 Å². The lowest BCUT2D eigenvalue weighted by Crippen LogP contribution is -2.22. The Morgan fingerprint density at radius 1 is 1.12 bits per heavy atom. The summed E-state index contributed by atoms with van der Waals surface area (Å²) in [5, 5.41) is 12.0. The third-order valence-corrected chi connectivity index (χ3v) is 3.46. The highest BCUT2D eigenvalue weighted by Gasteiger charge is 2.21. The summed E-state index contributed by atoms with van der Waals surface area (Å²) >= 11 is 0. The maximum atomic E-state index is 13.5. The van der Waals surface area contributed by atoms with Gasteiger partial charge in [-0.2, -0.15) is 5.26 Å². The second-order valence-electron chi connectivity index (χ2n) is 5.14. The summed E-state index contributed by atoms with van der Waals surface area (Å²) < 4.78 is 37.0. The van der Waals surface area contributed by atoms with Crippen molar-refractivity contribution in [3.8, 4) is 6.07 Å². The maximum Gasteiger partial charge on any atom is 0.344 e. The quantitative estimate of drug-likeness (QED) is 0.724. The SMILES string of the molecule is N#Cc1oc2ccccc2c1NC(=O)COC(=O)c1c(F)cccc1F. The molecule has 0 unspecified atom stereocenters. The highest BCUT2D eigenvalue weighted by molar-refractivity contribution is 6.03. The zero-order valence-electron chi connectivity index (χ0n) is 13.1. The fourth-order valence-electron chi connectivity index (χ4n) is 2.32. The van der Waals surface area contributed by atoms with Gasteiger partial charge in [-0.15, -0.1) is 0 Å². The molecule has 0 fully saturated rings. The molecule has 0 radical (unpaired) electrons. The standard InChI is InChI=1S/C18H10F2N2O4/c19-11-5-3-6-12(20)16(11)18(24)25-9-15(23)22-17-10-4-1-2-7-13(10)26-14(17)8-21/h1-7H,9H2,(H,22,23). The van der Waals surface area contributed by atoms with Crippen molar-refractivity contribution in [3.63, 3.8) is 0 Å². The van der Waals surface area contributed by atoms with Gasteiger partial charge in [-0.1, -0.05) is 18.2 Å². The molecule has 0 aliphatic carbocycles. The molecule has 0 aliphatic heterocycles. The van der Waals surface area contributed by atoms with E-state index in [1.165, 1.54) is 0 Å². The molecule has 130 valence electrons. The number of carbonyl (C=O) groups excluding carboxylic acids is 2. The number of para-hydroxylation sites is 1. The maximum absolute atomic E-state index is 13.5. The fraction of sp³-hybridized carbons (Fsp3) is 0.0556. The predicted octanol–water partition coefficient (Wildman–Crippen LogP) is 3.38. The number of esters is 1. The van der Waals surface area contributed by atoms with Gasteiger partial charge in [-0.3, -0.25) is 4.79 Å². The molecule has 26 heavy (non-hydrogen) atoms. The number of halogens is 2. The zero-order valence-corrected chi connectivity index (χ0v) is 13.1. The van der Waals surface area contributed by atoms with Crippen LogP contribution in [0.3, 0.4) is 0 Å². The van der Waals surface area contributed by atoms with E-state index in [-0.39, 0.29) is 11.4 Å². The van der Waals surface area contributed by atoms with Crippen LogP contribution in [0.15, 0.2) is 46.9 Å². The average Bonchev–Trinajstić information content (AvgIpc) is 2.97. The minimum absolute atomic E-state index is 0.119. The number of hydrogen-bond acceptors (Lipinski definition) is 5. The van der Waals surface area contributed by atoms with Gasteiger partial charge in [0.15, 0.2) is 6.61 Å². The second-order valence-corrected chi connectivity index (χ2v) is 5.14. The Morgan fingerprint density at radius 3 is 2.50 bits per heavy atom. The number of carbonyl (C=O) groups is 2. The Morgan fingerprint density at radius 2 is 1.81 bits per heavy atom. The summed E-state index contributed by atoms with van der Waals surface area (Å²) in [5.74, 6) is -4.41. The minimum Gasteiger partial charge on any atom is -0.452 e. The molecule has 1 heterocycles. The summed E-state index contributed by atoms with van der Waals surface area (Å²) in [7, 11) is 0. The van der Waals surface area contributed by atoms with E-state index in [2.05, 4.69) is 10.1 Å². The molecule has 1 aromatic heterocycles. The summed E-state index contributed by atoms with van der Waals surface area (Å²) in [6.07, 6.45) is 0. The van der Waals surface area contributed by atoms with E-state index in [0.717, 1.165) is 18.2 Å². The number of fused-ring (bicyclic) bond motifs is 1. The number of nitriles is 1. The highest BCUT2D eigenvalue weighted by Crippen LogP contribution is 2.30. The first-order chi connectivity index (χ1) is 12.5. The monoisotopic (exact) mass is 356 g/mol. The number of amides is 1. The van der Waals surface area contributed by atoms with Crippen LogP contribution in [0.25, 0.3) is 11.0 Å². The van der Waals surface area contributed by atoms with E-state index in [1.54, 1.807) is 24.3 Å². The van der Waals surface area contributed by atoms with E-state index in [0.29, 0.717) is 11.0 Å². The first kappa shape index (κ1) is 17.1. The van der Waals surface area contributed by atoms with E-state index in [1.807, 2.05) is 6.07 Å². The third kappa shape index (κ3) is 3.23. The fourth-order valence-corrected chi connectivity index (χ4v) is 2.32. The Balaban J connectivity index is 1.72.